The molecular weight excluding hydrogens is 574 g/mol. The second-order valence-electron chi connectivity index (χ2n) is 11.9. The third kappa shape index (κ3) is 3.83. The van der Waals surface area contributed by atoms with E-state index in [9.17, 15) is 0 Å². The standard InChI is InChI=1S/C42H27N5/c1-6-20-35-30(15-1)31-16-2-7-21-36(31)45(35)29-14-11-13-28(27-29)42-43-34-19-5-10-24-39(34)47(42)41-26-12-25-40(44-41)46-37-22-8-3-17-32(37)33-18-4-9-23-38(33)46/h1-27H. The van der Waals surface area contributed by atoms with Crippen molar-refractivity contribution in [1.82, 2.24) is 23.7 Å². The Morgan fingerprint density at radius 1 is 0.340 bits per heavy atom. The first-order valence-corrected chi connectivity index (χ1v) is 15.9. The molecule has 0 atom stereocenters. The molecule has 5 nitrogen and oxygen atoms in total. The summed E-state index contributed by atoms with van der Waals surface area (Å²) in [6, 6.07) is 57.6. The molecule has 0 spiro atoms. The zero-order valence-corrected chi connectivity index (χ0v) is 25.3. The Balaban J connectivity index is 1.19. The third-order valence-electron chi connectivity index (χ3n) is 9.26. The van der Waals surface area contributed by atoms with E-state index in [2.05, 4.69) is 171 Å². The van der Waals surface area contributed by atoms with Crippen LogP contribution in [0.5, 0.6) is 0 Å². The fourth-order valence-corrected chi connectivity index (χ4v) is 7.27. The maximum absolute atomic E-state index is 5.33. The zero-order chi connectivity index (χ0) is 30.9. The Kier molecular flexibility index (Phi) is 5.51. The summed E-state index contributed by atoms with van der Waals surface area (Å²) in [5.41, 5.74) is 8.67. The van der Waals surface area contributed by atoms with Crippen molar-refractivity contribution in [1.29, 1.82) is 0 Å². The lowest BCUT2D eigenvalue weighted by atomic mass is 10.1. The molecule has 0 bridgehead atoms. The molecule has 4 aromatic heterocycles. The minimum absolute atomic E-state index is 0.815. The van der Waals surface area contributed by atoms with E-state index in [1.54, 1.807) is 0 Å². The molecule has 0 amide bonds. The first-order valence-electron chi connectivity index (χ1n) is 15.9. The molecule has 10 aromatic rings. The molecule has 0 aliphatic heterocycles. The van der Waals surface area contributed by atoms with E-state index >= 15 is 0 Å². The van der Waals surface area contributed by atoms with Gasteiger partial charge in [-0.25, -0.2) is 9.97 Å². The lowest BCUT2D eigenvalue weighted by Gasteiger charge is -2.13. The molecule has 47 heavy (non-hydrogen) atoms. The summed E-state index contributed by atoms with van der Waals surface area (Å²) in [4.78, 5) is 10.5. The topological polar surface area (TPSA) is 40.6 Å². The van der Waals surface area contributed by atoms with Crippen molar-refractivity contribution in [2.24, 2.45) is 0 Å². The Bertz CT molecular complexity index is 2710. The van der Waals surface area contributed by atoms with Gasteiger partial charge in [-0.15, -0.1) is 0 Å². The molecule has 5 heteroatoms. The summed E-state index contributed by atoms with van der Waals surface area (Å²) < 4.78 is 6.80. The smallest absolute Gasteiger partial charge is 0.146 e. The van der Waals surface area contributed by atoms with Crippen LogP contribution in [-0.4, -0.2) is 23.7 Å². The number of aromatic nitrogens is 5. The van der Waals surface area contributed by atoms with E-state index in [0.717, 1.165) is 50.8 Å². The Hall–Kier alpha value is -6.46. The van der Waals surface area contributed by atoms with Gasteiger partial charge in [0, 0.05) is 32.8 Å². The molecule has 0 saturated heterocycles. The van der Waals surface area contributed by atoms with Crippen molar-refractivity contribution in [3.05, 3.63) is 164 Å². The minimum atomic E-state index is 0.815. The van der Waals surface area contributed by atoms with Crippen molar-refractivity contribution in [2.75, 3.05) is 0 Å². The van der Waals surface area contributed by atoms with Crippen molar-refractivity contribution in [2.45, 2.75) is 0 Å². The Labute approximate surface area is 270 Å². The SMILES string of the molecule is c1cc(-c2nc3ccccc3n2-c2cccc(-n3c4ccccc4c4ccccc43)n2)cc(-n2c3ccccc3c3ccccc32)c1. The summed E-state index contributed by atoms with van der Waals surface area (Å²) in [6.07, 6.45) is 0. The van der Waals surface area contributed by atoms with Gasteiger partial charge in [-0.1, -0.05) is 103 Å². The van der Waals surface area contributed by atoms with Crippen LogP contribution in [0, 0.1) is 0 Å². The number of para-hydroxylation sites is 6. The van der Waals surface area contributed by atoms with Gasteiger partial charge in [-0.2, -0.15) is 0 Å². The summed E-state index contributed by atoms with van der Waals surface area (Å²) in [6.45, 7) is 0. The molecule has 0 N–H and O–H groups in total. The molecule has 0 fully saturated rings. The number of rotatable bonds is 4. The predicted molar refractivity (Wildman–Crippen MR) is 193 cm³/mol. The highest BCUT2D eigenvalue weighted by atomic mass is 15.2. The van der Waals surface area contributed by atoms with Crippen LogP contribution in [0.1, 0.15) is 0 Å². The largest absolute Gasteiger partial charge is 0.309 e. The number of imidazole rings is 1. The molecule has 0 aliphatic carbocycles. The fourth-order valence-electron chi connectivity index (χ4n) is 7.27. The van der Waals surface area contributed by atoms with E-state index in [-0.39, 0.29) is 0 Å². The van der Waals surface area contributed by atoms with Gasteiger partial charge in [0.05, 0.1) is 33.1 Å². The first-order chi connectivity index (χ1) is 23.3. The number of pyridine rings is 1. The first kappa shape index (κ1) is 25.8. The van der Waals surface area contributed by atoms with E-state index in [4.69, 9.17) is 9.97 Å². The highest BCUT2D eigenvalue weighted by molar-refractivity contribution is 6.10. The summed E-state index contributed by atoms with van der Waals surface area (Å²) in [7, 11) is 0. The van der Waals surface area contributed by atoms with E-state index in [0.29, 0.717) is 0 Å². The second-order valence-corrected chi connectivity index (χ2v) is 11.9. The van der Waals surface area contributed by atoms with Gasteiger partial charge in [0.1, 0.15) is 17.5 Å². The van der Waals surface area contributed by atoms with Crippen LogP contribution in [0.3, 0.4) is 0 Å². The second kappa shape index (κ2) is 10.0. The van der Waals surface area contributed by atoms with Gasteiger partial charge in [-0.3, -0.25) is 9.13 Å². The third-order valence-corrected chi connectivity index (χ3v) is 9.26. The molecule has 220 valence electrons. The molecule has 0 unspecified atom stereocenters. The molecule has 0 saturated carbocycles. The maximum Gasteiger partial charge on any atom is 0.146 e. The zero-order valence-electron chi connectivity index (χ0n) is 25.3. The number of benzene rings is 6. The van der Waals surface area contributed by atoms with Crippen LogP contribution in [-0.2, 0) is 0 Å². The van der Waals surface area contributed by atoms with E-state index in [1.807, 2.05) is 6.07 Å². The van der Waals surface area contributed by atoms with E-state index in [1.165, 1.54) is 32.6 Å². The molecule has 10 rings (SSSR count). The van der Waals surface area contributed by atoms with Crippen LogP contribution < -0.4 is 0 Å². The van der Waals surface area contributed by atoms with Crippen molar-refractivity contribution >= 4 is 54.6 Å². The van der Waals surface area contributed by atoms with Gasteiger partial charge in [0.2, 0.25) is 0 Å². The quantitative estimate of drug-likeness (QED) is 0.201. The fraction of sp³-hybridized carbons (Fsp3) is 0. The molecular formula is C42H27N5. The minimum Gasteiger partial charge on any atom is -0.309 e. The maximum atomic E-state index is 5.33. The molecule has 4 heterocycles. The number of fused-ring (bicyclic) bond motifs is 7. The van der Waals surface area contributed by atoms with Crippen LogP contribution in [0.4, 0.5) is 0 Å². The van der Waals surface area contributed by atoms with Gasteiger partial charge in [0.25, 0.3) is 0 Å². The van der Waals surface area contributed by atoms with Crippen molar-refractivity contribution < 1.29 is 0 Å². The summed E-state index contributed by atoms with van der Waals surface area (Å²) in [5.74, 6) is 2.53. The molecule has 0 aliphatic rings. The number of nitrogens with zero attached hydrogens (tertiary/aromatic N) is 5. The Morgan fingerprint density at radius 3 is 1.40 bits per heavy atom. The number of hydrogen-bond acceptors (Lipinski definition) is 2. The van der Waals surface area contributed by atoms with Crippen LogP contribution >= 0.6 is 0 Å². The average molecular weight is 602 g/mol. The van der Waals surface area contributed by atoms with Gasteiger partial charge in [0.15, 0.2) is 0 Å². The summed E-state index contributed by atoms with van der Waals surface area (Å²) in [5, 5.41) is 4.91. The lowest BCUT2D eigenvalue weighted by molar-refractivity contribution is 0.988. The average Bonchev–Trinajstić information content (AvgIpc) is 3.80. The van der Waals surface area contributed by atoms with Crippen LogP contribution in [0.15, 0.2) is 164 Å². The molecule has 0 radical (unpaired) electrons. The van der Waals surface area contributed by atoms with Crippen molar-refractivity contribution in [3.8, 4) is 28.7 Å². The number of hydrogen-bond donors (Lipinski definition) is 0. The normalized spacial score (nSPS) is 11.8. The summed E-state index contributed by atoms with van der Waals surface area (Å²) >= 11 is 0. The molecule has 6 aromatic carbocycles. The van der Waals surface area contributed by atoms with Gasteiger partial charge < -0.3 is 4.57 Å². The van der Waals surface area contributed by atoms with E-state index < -0.39 is 0 Å². The van der Waals surface area contributed by atoms with Crippen LogP contribution in [0.2, 0.25) is 0 Å². The lowest BCUT2D eigenvalue weighted by Crippen LogP contribution is -2.05. The predicted octanol–water partition coefficient (Wildman–Crippen LogP) is 10.3. The monoisotopic (exact) mass is 601 g/mol. The Morgan fingerprint density at radius 2 is 0.809 bits per heavy atom. The van der Waals surface area contributed by atoms with Crippen LogP contribution in [0.25, 0.3) is 83.4 Å². The van der Waals surface area contributed by atoms with Gasteiger partial charge >= 0.3 is 0 Å². The highest BCUT2D eigenvalue weighted by Crippen LogP contribution is 2.35. The highest BCUT2D eigenvalue weighted by Gasteiger charge is 2.19. The van der Waals surface area contributed by atoms with Gasteiger partial charge in [-0.05, 0) is 60.7 Å². The van der Waals surface area contributed by atoms with Crippen molar-refractivity contribution in [3.63, 3.8) is 0 Å².